The number of aliphatic hydroxyl groups is 1. The molecule has 1 aromatic rings. The van der Waals surface area contributed by atoms with Crippen LogP contribution in [0.3, 0.4) is 0 Å². The number of carbonyl (C=O) groups excluding carboxylic acids is 2. The van der Waals surface area contributed by atoms with Crippen LogP contribution in [-0.2, 0) is 4.79 Å². The van der Waals surface area contributed by atoms with Gasteiger partial charge < -0.3 is 15.2 Å². The van der Waals surface area contributed by atoms with Crippen molar-refractivity contribution in [2.24, 2.45) is 11.3 Å². The zero-order valence-electron chi connectivity index (χ0n) is 17.5. The van der Waals surface area contributed by atoms with Crippen molar-refractivity contribution in [3.8, 4) is 5.75 Å². The maximum Gasteiger partial charge on any atom is 0.325 e. The number of aryl methyl sites for hydroxylation is 2. The average molecular weight is 389 g/mol. The SMILES string of the molecule is Cc1ccc(C)c(OCC(O)CN2C(=O)NC3(CC(C)CC(C)(C)C3)C2=O)c1. The summed E-state index contributed by atoms with van der Waals surface area (Å²) < 4.78 is 5.73. The first-order valence-corrected chi connectivity index (χ1v) is 10.0. The highest BCUT2D eigenvalue weighted by Gasteiger charge is 2.56. The van der Waals surface area contributed by atoms with E-state index in [2.05, 4.69) is 26.1 Å². The van der Waals surface area contributed by atoms with E-state index in [4.69, 9.17) is 4.74 Å². The van der Waals surface area contributed by atoms with Gasteiger partial charge in [0.05, 0.1) is 6.54 Å². The quantitative estimate of drug-likeness (QED) is 0.760. The predicted octanol–water partition coefficient (Wildman–Crippen LogP) is 3.18. The molecule has 28 heavy (non-hydrogen) atoms. The van der Waals surface area contributed by atoms with Gasteiger partial charge in [0, 0.05) is 0 Å². The molecule has 0 bridgehead atoms. The fraction of sp³-hybridized carbons (Fsp3) is 0.636. The molecule has 1 aliphatic carbocycles. The number of nitrogens with zero attached hydrogens (tertiary/aromatic N) is 1. The zero-order chi connectivity index (χ0) is 20.7. The summed E-state index contributed by atoms with van der Waals surface area (Å²) in [5, 5.41) is 13.3. The maximum absolute atomic E-state index is 13.1. The topological polar surface area (TPSA) is 78.9 Å². The van der Waals surface area contributed by atoms with Crippen LogP contribution >= 0.6 is 0 Å². The van der Waals surface area contributed by atoms with Gasteiger partial charge in [-0.3, -0.25) is 9.69 Å². The first-order valence-electron chi connectivity index (χ1n) is 10.0. The van der Waals surface area contributed by atoms with Crippen molar-refractivity contribution in [2.45, 2.75) is 65.5 Å². The van der Waals surface area contributed by atoms with Gasteiger partial charge >= 0.3 is 6.03 Å². The Morgan fingerprint density at radius 2 is 2.00 bits per heavy atom. The van der Waals surface area contributed by atoms with Gasteiger partial charge in [-0.05, 0) is 61.6 Å². The lowest BCUT2D eigenvalue weighted by Gasteiger charge is -2.43. The third kappa shape index (κ3) is 4.17. The molecule has 1 saturated heterocycles. The van der Waals surface area contributed by atoms with E-state index in [1.165, 1.54) is 0 Å². The summed E-state index contributed by atoms with van der Waals surface area (Å²) in [5.41, 5.74) is 1.19. The Morgan fingerprint density at radius 3 is 2.68 bits per heavy atom. The average Bonchev–Trinajstić information content (AvgIpc) is 2.77. The molecular weight excluding hydrogens is 356 g/mol. The number of nitrogens with one attached hydrogen (secondary N) is 1. The normalized spacial score (nSPS) is 27.8. The molecule has 6 heteroatoms. The van der Waals surface area contributed by atoms with Crippen LogP contribution in [0.25, 0.3) is 0 Å². The molecule has 1 aromatic carbocycles. The highest BCUT2D eigenvalue weighted by molar-refractivity contribution is 6.07. The molecule has 3 atom stereocenters. The van der Waals surface area contributed by atoms with E-state index >= 15 is 0 Å². The van der Waals surface area contributed by atoms with Crippen molar-refractivity contribution in [1.29, 1.82) is 0 Å². The van der Waals surface area contributed by atoms with Gasteiger partial charge in [0.25, 0.3) is 5.91 Å². The lowest BCUT2D eigenvalue weighted by molar-refractivity contribution is -0.135. The number of hydrogen-bond acceptors (Lipinski definition) is 4. The lowest BCUT2D eigenvalue weighted by Crippen LogP contribution is -2.54. The van der Waals surface area contributed by atoms with Crippen LogP contribution in [-0.4, -0.2) is 46.7 Å². The van der Waals surface area contributed by atoms with E-state index in [0.717, 1.165) is 22.4 Å². The summed E-state index contributed by atoms with van der Waals surface area (Å²) in [5.74, 6) is 0.837. The number of β-amino-alcohol motifs (C(OH)–C–C–N with tert-alkyl or cyclic N) is 1. The molecule has 154 valence electrons. The number of rotatable bonds is 5. The Hall–Kier alpha value is -2.08. The largest absolute Gasteiger partial charge is 0.491 e. The fourth-order valence-corrected chi connectivity index (χ4v) is 4.98. The minimum Gasteiger partial charge on any atom is -0.491 e. The molecule has 1 aliphatic heterocycles. The smallest absolute Gasteiger partial charge is 0.325 e. The summed E-state index contributed by atoms with van der Waals surface area (Å²) in [6, 6.07) is 5.46. The zero-order valence-corrected chi connectivity index (χ0v) is 17.5. The first-order chi connectivity index (χ1) is 13.0. The molecule has 3 amide bonds. The highest BCUT2D eigenvalue weighted by Crippen LogP contribution is 2.46. The fourth-order valence-electron chi connectivity index (χ4n) is 4.98. The molecule has 1 spiro atoms. The first kappa shape index (κ1) is 20.6. The molecule has 2 fully saturated rings. The van der Waals surface area contributed by atoms with E-state index in [0.29, 0.717) is 24.5 Å². The monoisotopic (exact) mass is 388 g/mol. The number of benzene rings is 1. The Balaban J connectivity index is 1.65. The van der Waals surface area contributed by atoms with Gasteiger partial charge in [0.15, 0.2) is 0 Å². The van der Waals surface area contributed by atoms with E-state index in [1.54, 1.807) is 0 Å². The van der Waals surface area contributed by atoms with Crippen LogP contribution in [0.2, 0.25) is 0 Å². The number of aliphatic hydroxyl groups excluding tert-OH is 1. The van der Waals surface area contributed by atoms with Crippen LogP contribution < -0.4 is 10.1 Å². The Morgan fingerprint density at radius 1 is 1.29 bits per heavy atom. The van der Waals surface area contributed by atoms with Crippen molar-refractivity contribution >= 4 is 11.9 Å². The van der Waals surface area contributed by atoms with Gasteiger partial charge in [-0.2, -0.15) is 0 Å². The van der Waals surface area contributed by atoms with Crippen molar-refractivity contribution < 1.29 is 19.4 Å². The molecular formula is C22H32N2O4. The molecule has 3 unspecified atom stereocenters. The summed E-state index contributed by atoms with van der Waals surface area (Å²) in [7, 11) is 0. The Bertz CT molecular complexity index is 776. The van der Waals surface area contributed by atoms with Gasteiger partial charge in [-0.25, -0.2) is 4.79 Å². The van der Waals surface area contributed by atoms with Crippen LogP contribution in [0.4, 0.5) is 4.79 Å². The summed E-state index contributed by atoms with van der Waals surface area (Å²) in [6.07, 6.45) is 1.36. The van der Waals surface area contributed by atoms with E-state index in [-0.39, 0.29) is 24.5 Å². The standard InChI is InChI=1S/C22H32N2O4/c1-14-6-7-16(3)18(8-14)28-12-17(25)11-24-19(26)22(23-20(24)27)10-15(2)9-21(4,5)13-22/h6-8,15,17,25H,9-13H2,1-5H3,(H,23,27). The minimum atomic E-state index is -0.946. The number of amides is 3. The minimum absolute atomic E-state index is 0.0129. The van der Waals surface area contributed by atoms with Gasteiger partial charge in [-0.15, -0.1) is 0 Å². The van der Waals surface area contributed by atoms with Crippen molar-refractivity contribution in [1.82, 2.24) is 10.2 Å². The molecule has 1 heterocycles. The number of ether oxygens (including phenoxy) is 1. The van der Waals surface area contributed by atoms with E-state index in [9.17, 15) is 14.7 Å². The molecule has 2 aliphatic rings. The molecule has 6 nitrogen and oxygen atoms in total. The third-order valence-electron chi connectivity index (χ3n) is 5.79. The Kier molecular flexibility index (Phi) is 5.45. The summed E-state index contributed by atoms with van der Waals surface area (Å²) >= 11 is 0. The van der Waals surface area contributed by atoms with Crippen molar-refractivity contribution in [3.05, 3.63) is 29.3 Å². The summed E-state index contributed by atoms with van der Waals surface area (Å²) in [6.45, 7) is 10.3. The molecule has 1 saturated carbocycles. The Labute approximate surface area is 167 Å². The van der Waals surface area contributed by atoms with E-state index < -0.39 is 17.7 Å². The molecule has 0 aromatic heterocycles. The van der Waals surface area contributed by atoms with Gasteiger partial charge in [-0.1, -0.05) is 32.9 Å². The number of carbonyl (C=O) groups is 2. The lowest BCUT2D eigenvalue weighted by atomic mass is 9.64. The van der Waals surface area contributed by atoms with Crippen LogP contribution in [0.1, 0.15) is 51.2 Å². The molecule has 3 rings (SSSR count). The second kappa shape index (κ2) is 7.39. The number of urea groups is 1. The van der Waals surface area contributed by atoms with Gasteiger partial charge in [0.2, 0.25) is 0 Å². The molecule has 0 radical (unpaired) electrons. The summed E-state index contributed by atoms with van der Waals surface area (Å²) in [4.78, 5) is 26.8. The second-order valence-electron chi connectivity index (χ2n) is 9.52. The van der Waals surface area contributed by atoms with Gasteiger partial charge in [0.1, 0.15) is 24.0 Å². The molecule has 2 N–H and O–H groups in total. The number of hydrogen-bond donors (Lipinski definition) is 2. The van der Waals surface area contributed by atoms with Crippen LogP contribution in [0.15, 0.2) is 18.2 Å². The number of imide groups is 1. The highest BCUT2D eigenvalue weighted by atomic mass is 16.5. The van der Waals surface area contributed by atoms with Crippen LogP contribution in [0.5, 0.6) is 5.75 Å². The maximum atomic E-state index is 13.1. The van der Waals surface area contributed by atoms with E-state index in [1.807, 2.05) is 32.0 Å². The van der Waals surface area contributed by atoms with Crippen molar-refractivity contribution in [2.75, 3.05) is 13.2 Å². The van der Waals surface area contributed by atoms with Crippen LogP contribution in [0, 0.1) is 25.2 Å². The third-order valence-corrected chi connectivity index (χ3v) is 5.79. The van der Waals surface area contributed by atoms with Crippen molar-refractivity contribution in [3.63, 3.8) is 0 Å². The predicted molar refractivity (Wildman–Crippen MR) is 107 cm³/mol. The second-order valence-corrected chi connectivity index (χ2v) is 9.52.